The van der Waals surface area contributed by atoms with Gasteiger partial charge in [-0.3, -0.25) is 8.80 Å². The Bertz CT molecular complexity index is 6250. The van der Waals surface area contributed by atoms with Gasteiger partial charge < -0.3 is 9.13 Å². The second kappa shape index (κ2) is 15.7. The number of fused-ring (bicyclic) bond motifs is 29. The highest BCUT2D eigenvalue weighted by Crippen LogP contribution is 2.48. The van der Waals surface area contributed by atoms with Crippen LogP contribution in [0.25, 0.3) is 183 Å². The molecule has 0 fully saturated rings. The summed E-state index contributed by atoms with van der Waals surface area (Å²) in [7, 11) is 0. The van der Waals surface area contributed by atoms with Crippen molar-refractivity contribution in [1.29, 1.82) is 0 Å². The van der Waals surface area contributed by atoms with Crippen molar-refractivity contribution in [2.75, 3.05) is 0 Å². The molecule has 0 atom stereocenters. The number of rotatable bonds is 3. The van der Waals surface area contributed by atoms with Gasteiger partial charge in [0, 0.05) is 94.8 Å². The second-order valence-electron chi connectivity index (χ2n) is 22.0. The number of imidazole rings is 2. The van der Waals surface area contributed by atoms with Crippen molar-refractivity contribution in [2.24, 2.45) is 0 Å². The van der Waals surface area contributed by atoms with Crippen molar-refractivity contribution in [3.8, 4) is 22.5 Å². The molecule has 0 unspecified atom stereocenters. The third kappa shape index (κ3) is 5.66. The summed E-state index contributed by atoms with van der Waals surface area (Å²) in [5.74, 6) is 0. The lowest BCUT2D eigenvalue weighted by Crippen LogP contribution is -1.95. The average molecular weight is 1080 g/mol. The van der Waals surface area contributed by atoms with E-state index in [4.69, 9.17) is 9.97 Å². The number of benzene rings is 12. The zero-order valence-electron chi connectivity index (χ0n) is 43.6. The summed E-state index contributed by atoms with van der Waals surface area (Å²) >= 11 is 3.74. The average Bonchev–Trinajstić information content (AvgIpc) is 4.54. The maximum Gasteiger partial charge on any atom is 0.147 e. The predicted octanol–water partition coefficient (Wildman–Crippen LogP) is 20.5. The SMILES string of the molecule is c1ccc(-n2c3ccccc3c3cc4c(cc32)c2ccc3sc5cc(-c6ccc7c8cc9c%10cc%11sc%12ccccc%12c%11cc%10c%10nc%11ccccc%11n%10c9cc8n(-c8ccccc8)c7c6)ccc5c3c2c2nc3ccccc3n42)cc1. The minimum Gasteiger partial charge on any atom is -0.309 e. The summed E-state index contributed by atoms with van der Waals surface area (Å²) in [5.41, 5.74) is 17.8. The minimum absolute atomic E-state index is 0.982. The molecular weight excluding hydrogens is 1040 g/mol. The normalized spacial score (nSPS) is 12.6. The Labute approximate surface area is 473 Å². The van der Waals surface area contributed by atoms with E-state index in [1.165, 1.54) is 122 Å². The summed E-state index contributed by atoms with van der Waals surface area (Å²) in [4.78, 5) is 10.9. The summed E-state index contributed by atoms with van der Waals surface area (Å²) < 4.78 is 14.8. The van der Waals surface area contributed by atoms with Gasteiger partial charge in [0.2, 0.25) is 0 Å². The fourth-order valence-electron chi connectivity index (χ4n) is 14.3. The van der Waals surface area contributed by atoms with Crippen LogP contribution in [0.3, 0.4) is 0 Å². The van der Waals surface area contributed by atoms with Gasteiger partial charge in [-0.2, -0.15) is 0 Å². The van der Waals surface area contributed by atoms with Crippen molar-refractivity contribution in [3.63, 3.8) is 0 Å². The van der Waals surface area contributed by atoms with E-state index in [-0.39, 0.29) is 0 Å². The number of hydrogen-bond acceptors (Lipinski definition) is 4. The molecule has 8 aromatic heterocycles. The van der Waals surface area contributed by atoms with Gasteiger partial charge >= 0.3 is 0 Å². The van der Waals surface area contributed by atoms with E-state index in [2.05, 4.69) is 261 Å². The highest BCUT2D eigenvalue weighted by Gasteiger charge is 2.24. The molecule has 0 N–H and O–H groups in total. The van der Waals surface area contributed by atoms with E-state index >= 15 is 0 Å². The van der Waals surface area contributed by atoms with Crippen LogP contribution in [0.15, 0.2) is 243 Å². The Balaban J connectivity index is 0.826. The largest absolute Gasteiger partial charge is 0.309 e. The summed E-state index contributed by atoms with van der Waals surface area (Å²) in [6.45, 7) is 0. The maximum atomic E-state index is 5.50. The minimum atomic E-state index is 0.982. The standard InChI is InChI=1S/C74H40N6S2/c1-3-15-43(16-4-1)77-59-23-11-7-19-45(59)53-37-64-54(38-63(53)77)48-31-32-68-71(72(48)74-76-58-22-10-13-25-61(58)80(64)74)49-30-28-42(34-69(49)82-68)41-27-29-46-51-35-52-50-39-70-55(47-20-8-14-26-67(47)81-70)36-56(50)73-75-57-21-9-12-24-60(57)79(73)66(52)40-65(51)78(62(46)33-41)44-17-5-2-6-18-44/h1-40H. The Morgan fingerprint density at radius 1 is 0.244 bits per heavy atom. The van der Waals surface area contributed by atoms with Crippen LogP contribution in [0.1, 0.15) is 0 Å². The third-order valence-corrected chi connectivity index (χ3v) is 20.1. The first-order valence-electron chi connectivity index (χ1n) is 27.9. The number of nitrogens with zero attached hydrogens (tertiary/aromatic N) is 6. The molecule has 12 aromatic carbocycles. The monoisotopic (exact) mass is 1080 g/mol. The van der Waals surface area contributed by atoms with E-state index in [0.717, 1.165) is 61.3 Å². The lowest BCUT2D eigenvalue weighted by Gasteiger charge is -2.13. The molecule has 6 nitrogen and oxygen atoms in total. The van der Waals surface area contributed by atoms with Crippen molar-refractivity contribution in [1.82, 2.24) is 27.9 Å². The van der Waals surface area contributed by atoms with Crippen LogP contribution in [0, 0.1) is 0 Å². The summed E-state index contributed by atoms with van der Waals surface area (Å²) in [6, 6.07) is 89.9. The molecule has 8 heterocycles. The number of pyridine rings is 2. The fraction of sp³-hybridized carbons (Fsp3) is 0. The maximum absolute atomic E-state index is 5.50. The summed E-state index contributed by atoms with van der Waals surface area (Å²) in [5, 5.41) is 17.2. The highest BCUT2D eigenvalue weighted by atomic mass is 32.1. The zero-order valence-corrected chi connectivity index (χ0v) is 45.2. The van der Waals surface area contributed by atoms with Crippen LogP contribution in [-0.2, 0) is 0 Å². The first-order valence-corrected chi connectivity index (χ1v) is 29.5. The number of hydrogen-bond donors (Lipinski definition) is 0. The van der Waals surface area contributed by atoms with Crippen LogP contribution in [0.4, 0.5) is 0 Å². The van der Waals surface area contributed by atoms with Gasteiger partial charge in [-0.15, -0.1) is 22.7 Å². The van der Waals surface area contributed by atoms with E-state index in [1.54, 1.807) is 0 Å². The first-order chi connectivity index (χ1) is 40.6. The predicted molar refractivity (Wildman–Crippen MR) is 349 cm³/mol. The van der Waals surface area contributed by atoms with Gasteiger partial charge in [-0.05, 0) is 137 Å². The van der Waals surface area contributed by atoms with Crippen molar-refractivity contribution < 1.29 is 0 Å². The quantitative estimate of drug-likeness (QED) is 0.166. The molecular formula is C74H40N6S2. The number of para-hydroxylation sites is 7. The Kier molecular flexibility index (Phi) is 8.33. The lowest BCUT2D eigenvalue weighted by molar-refractivity contribution is 1.18. The van der Waals surface area contributed by atoms with Crippen LogP contribution < -0.4 is 0 Å². The molecule has 8 heteroatoms. The van der Waals surface area contributed by atoms with Gasteiger partial charge in [-0.25, -0.2) is 9.97 Å². The van der Waals surface area contributed by atoms with Crippen LogP contribution in [-0.4, -0.2) is 27.9 Å². The lowest BCUT2D eigenvalue weighted by atomic mass is 9.98. The smallest absolute Gasteiger partial charge is 0.147 e. The topological polar surface area (TPSA) is 44.5 Å². The molecule has 0 aliphatic carbocycles. The molecule has 0 aliphatic rings. The third-order valence-electron chi connectivity index (χ3n) is 17.8. The Morgan fingerprint density at radius 2 is 0.756 bits per heavy atom. The second-order valence-corrected chi connectivity index (χ2v) is 24.2. The van der Waals surface area contributed by atoms with E-state index in [0.29, 0.717) is 0 Å². The van der Waals surface area contributed by atoms with Gasteiger partial charge in [0.25, 0.3) is 0 Å². The van der Waals surface area contributed by atoms with Gasteiger partial charge in [0.15, 0.2) is 0 Å². The molecule has 0 saturated carbocycles. The van der Waals surface area contributed by atoms with Crippen LogP contribution in [0.5, 0.6) is 0 Å². The zero-order chi connectivity index (χ0) is 53.1. The summed E-state index contributed by atoms with van der Waals surface area (Å²) in [6.07, 6.45) is 0. The molecule has 82 heavy (non-hydrogen) atoms. The van der Waals surface area contributed by atoms with Gasteiger partial charge in [-0.1, -0.05) is 127 Å². The molecule has 0 amide bonds. The molecule has 20 rings (SSSR count). The van der Waals surface area contributed by atoms with Crippen molar-refractivity contribution >= 4 is 183 Å². The van der Waals surface area contributed by atoms with E-state index < -0.39 is 0 Å². The Morgan fingerprint density at radius 3 is 1.55 bits per heavy atom. The van der Waals surface area contributed by atoms with Crippen molar-refractivity contribution in [2.45, 2.75) is 0 Å². The molecule has 0 saturated heterocycles. The molecule has 378 valence electrons. The van der Waals surface area contributed by atoms with Crippen LogP contribution >= 0.6 is 22.7 Å². The number of aromatic nitrogens is 6. The van der Waals surface area contributed by atoms with Gasteiger partial charge in [0.05, 0.1) is 55.2 Å². The fourth-order valence-corrected chi connectivity index (χ4v) is 16.6. The van der Waals surface area contributed by atoms with E-state index in [1.807, 2.05) is 22.7 Å². The molecule has 0 aliphatic heterocycles. The first kappa shape index (κ1) is 43.5. The van der Waals surface area contributed by atoms with Gasteiger partial charge in [0.1, 0.15) is 11.3 Å². The Hall–Kier alpha value is -10.4. The highest BCUT2D eigenvalue weighted by molar-refractivity contribution is 7.26. The van der Waals surface area contributed by atoms with Crippen molar-refractivity contribution in [3.05, 3.63) is 243 Å². The molecule has 0 bridgehead atoms. The van der Waals surface area contributed by atoms with Crippen LogP contribution in [0.2, 0.25) is 0 Å². The molecule has 0 radical (unpaired) electrons. The van der Waals surface area contributed by atoms with E-state index in [9.17, 15) is 0 Å². The number of thiophene rings is 2. The molecule has 20 aromatic rings. The molecule has 0 spiro atoms.